The van der Waals surface area contributed by atoms with E-state index < -0.39 is 0 Å². The quantitative estimate of drug-likeness (QED) is 0.716. The smallest absolute Gasteiger partial charge is 0.133 e. The SMILES string of the molecule is CC(C)[C@@H](N)c1cc(N)cnc1Cl. The van der Waals surface area contributed by atoms with Crippen LogP contribution in [0, 0.1) is 5.92 Å². The highest BCUT2D eigenvalue weighted by Gasteiger charge is 2.14. The number of pyridine rings is 1. The largest absolute Gasteiger partial charge is 0.397 e. The number of nitrogens with two attached hydrogens (primary N) is 2. The molecular formula is C9H14ClN3. The summed E-state index contributed by atoms with van der Waals surface area (Å²) in [6, 6.07) is 1.67. The Bertz CT molecular complexity index is 299. The molecule has 13 heavy (non-hydrogen) atoms. The Balaban J connectivity index is 3.05. The summed E-state index contributed by atoms with van der Waals surface area (Å²) < 4.78 is 0. The lowest BCUT2D eigenvalue weighted by molar-refractivity contribution is 0.513. The van der Waals surface area contributed by atoms with Crippen LogP contribution >= 0.6 is 11.6 Å². The molecule has 0 saturated carbocycles. The highest BCUT2D eigenvalue weighted by atomic mass is 35.5. The van der Waals surface area contributed by atoms with Crippen LogP contribution < -0.4 is 11.5 Å². The Kier molecular flexibility index (Phi) is 3.12. The molecule has 1 atom stereocenters. The van der Waals surface area contributed by atoms with E-state index in [0.29, 0.717) is 16.8 Å². The van der Waals surface area contributed by atoms with E-state index in [0.717, 1.165) is 5.56 Å². The van der Waals surface area contributed by atoms with Gasteiger partial charge in [-0.1, -0.05) is 25.4 Å². The van der Waals surface area contributed by atoms with Gasteiger partial charge in [-0.05, 0) is 12.0 Å². The van der Waals surface area contributed by atoms with Gasteiger partial charge in [-0.3, -0.25) is 0 Å². The van der Waals surface area contributed by atoms with Crippen LogP contribution in [0.5, 0.6) is 0 Å². The van der Waals surface area contributed by atoms with Gasteiger partial charge in [0, 0.05) is 11.6 Å². The van der Waals surface area contributed by atoms with E-state index in [1.807, 2.05) is 13.8 Å². The first kappa shape index (κ1) is 10.3. The molecule has 1 heterocycles. The van der Waals surface area contributed by atoms with Crippen molar-refractivity contribution in [3.05, 3.63) is 23.0 Å². The monoisotopic (exact) mass is 199 g/mol. The summed E-state index contributed by atoms with van der Waals surface area (Å²) in [5.41, 5.74) is 12.9. The zero-order valence-corrected chi connectivity index (χ0v) is 8.55. The van der Waals surface area contributed by atoms with Crippen molar-refractivity contribution >= 4 is 17.3 Å². The van der Waals surface area contributed by atoms with Crippen molar-refractivity contribution in [1.29, 1.82) is 0 Å². The van der Waals surface area contributed by atoms with Gasteiger partial charge in [0.15, 0.2) is 0 Å². The molecule has 3 nitrogen and oxygen atoms in total. The van der Waals surface area contributed by atoms with Crippen molar-refractivity contribution in [3.8, 4) is 0 Å². The van der Waals surface area contributed by atoms with Gasteiger partial charge < -0.3 is 11.5 Å². The maximum Gasteiger partial charge on any atom is 0.133 e. The van der Waals surface area contributed by atoms with Crippen LogP contribution in [0.3, 0.4) is 0 Å². The number of hydrogen-bond donors (Lipinski definition) is 2. The van der Waals surface area contributed by atoms with Crippen LogP contribution in [0.2, 0.25) is 5.15 Å². The molecule has 4 heteroatoms. The molecule has 0 aromatic carbocycles. The molecule has 0 aliphatic carbocycles. The molecule has 72 valence electrons. The third kappa shape index (κ3) is 2.32. The average Bonchev–Trinajstić information content (AvgIpc) is 2.08. The Morgan fingerprint density at radius 2 is 2.08 bits per heavy atom. The lowest BCUT2D eigenvalue weighted by atomic mass is 9.98. The number of rotatable bonds is 2. The molecule has 1 rings (SSSR count). The van der Waals surface area contributed by atoms with Crippen LogP contribution in [0.15, 0.2) is 12.3 Å². The second kappa shape index (κ2) is 3.94. The minimum Gasteiger partial charge on any atom is -0.397 e. The molecular weight excluding hydrogens is 186 g/mol. The maximum atomic E-state index is 5.93. The van der Waals surface area contributed by atoms with Crippen LogP contribution in [-0.2, 0) is 0 Å². The number of nitrogen functional groups attached to an aromatic ring is 1. The minimum atomic E-state index is -0.108. The summed E-state index contributed by atoms with van der Waals surface area (Å²) in [5, 5.41) is 0.440. The Morgan fingerprint density at radius 3 is 2.62 bits per heavy atom. The predicted molar refractivity (Wildman–Crippen MR) is 55.4 cm³/mol. The van der Waals surface area contributed by atoms with E-state index in [1.165, 1.54) is 6.20 Å². The van der Waals surface area contributed by atoms with Crippen LogP contribution in [-0.4, -0.2) is 4.98 Å². The van der Waals surface area contributed by atoms with Crippen molar-refractivity contribution in [1.82, 2.24) is 4.98 Å². The molecule has 0 amide bonds. The van der Waals surface area contributed by atoms with Gasteiger partial charge in [-0.15, -0.1) is 0 Å². The number of anilines is 1. The lowest BCUT2D eigenvalue weighted by Gasteiger charge is -2.16. The predicted octanol–water partition coefficient (Wildman–Crippen LogP) is 1.97. The van der Waals surface area contributed by atoms with Crippen LogP contribution in [0.4, 0.5) is 5.69 Å². The summed E-state index contributed by atoms with van der Waals surface area (Å²) in [4.78, 5) is 3.94. The second-order valence-corrected chi connectivity index (χ2v) is 3.78. The number of hydrogen-bond acceptors (Lipinski definition) is 3. The molecule has 0 radical (unpaired) electrons. The fourth-order valence-corrected chi connectivity index (χ4v) is 1.30. The molecule has 0 aliphatic rings. The van der Waals surface area contributed by atoms with Crippen molar-refractivity contribution in [2.24, 2.45) is 11.7 Å². The zero-order chi connectivity index (χ0) is 10.0. The average molecular weight is 200 g/mol. The van der Waals surface area contributed by atoms with E-state index >= 15 is 0 Å². The summed E-state index contributed by atoms with van der Waals surface area (Å²) >= 11 is 5.89. The highest BCUT2D eigenvalue weighted by Crippen LogP contribution is 2.25. The van der Waals surface area contributed by atoms with Gasteiger partial charge in [-0.2, -0.15) is 0 Å². The van der Waals surface area contributed by atoms with Crippen molar-refractivity contribution < 1.29 is 0 Å². The van der Waals surface area contributed by atoms with Crippen molar-refractivity contribution in [2.75, 3.05) is 5.73 Å². The first-order valence-electron chi connectivity index (χ1n) is 4.19. The fraction of sp³-hybridized carbons (Fsp3) is 0.444. The van der Waals surface area contributed by atoms with Gasteiger partial charge in [0.1, 0.15) is 5.15 Å². The zero-order valence-electron chi connectivity index (χ0n) is 7.79. The number of aromatic nitrogens is 1. The number of nitrogens with zero attached hydrogens (tertiary/aromatic N) is 1. The number of halogens is 1. The summed E-state index contributed by atoms with van der Waals surface area (Å²) in [6.45, 7) is 4.06. The molecule has 0 saturated heterocycles. The maximum absolute atomic E-state index is 5.93. The molecule has 0 fully saturated rings. The fourth-order valence-electron chi connectivity index (χ4n) is 1.07. The highest BCUT2D eigenvalue weighted by molar-refractivity contribution is 6.30. The molecule has 4 N–H and O–H groups in total. The molecule has 1 aromatic heterocycles. The Labute approximate surface area is 83.1 Å². The normalized spacial score (nSPS) is 13.3. The third-order valence-corrected chi connectivity index (χ3v) is 2.28. The van der Waals surface area contributed by atoms with Gasteiger partial charge >= 0.3 is 0 Å². The topological polar surface area (TPSA) is 64.9 Å². The molecule has 0 unspecified atom stereocenters. The van der Waals surface area contributed by atoms with Crippen LogP contribution in [0.25, 0.3) is 0 Å². The van der Waals surface area contributed by atoms with E-state index in [2.05, 4.69) is 4.98 Å². The van der Waals surface area contributed by atoms with Gasteiger partial charge in [-0.25, -0.2) is 4.98 Å². The van der Waals surface area contributed by atoms with E-state index in [-0.39, 0.29) is 6.04 Å². The van der Waals surface area contributed by atoms with E-state index in [9.17, 15) is 0 Å². The van der Waals surface area contributed by atoms with Gasteiger partial charge in [0.25, 0.3) is 0 Å². The van der Waals surface area contributed by atoms with Gasteiger partial charge in [0.2, 0.25) is 0 Å². The summed E-state index contributed by atoms with van der Waals surface area (Å²) in [7, 11) is 0. The molecule has 0 bridgehead atoms. The van der Waals surface area contributed by atoms with Crippen molar-refractivity contribution in [2.45, 2.75) is 19.9 Å². The Hall–Kier alpha value is -0.800. The standard InChI is InChI=1S/C9H14ClN3/c1-5(2)8(12)7-3-6(11)4-13-9(7)10/h3-5,8H,11-12H2,1-2H3/t8-/m1/s1. The van der Waals surface area contributed by atoms with Crippen LogP contribution in [0.1, 0.15) is 25.5 Å². The molecule has 0 aliphatic heterocycles. The molecule has 1 aromatic rings. The molecule has 0 spiro atoms. The third-order valence-electron chi connectivity index (χ3n) is 1.96. The first-order valence-corrected chi connectivity index (χ1v) is 4.56. The Morgan fingerprint density at radius 1 is 1.46 bits per heavy atom. The second-order valence-electron chi connectivity index (χ2n) is 3.42. The lowest BCUT2D eigenvalue weighted by Crippen LogP contribution is -2.17. The van der Waals surface area contributed by atoms with E-state index in [4.69, 9.17) is 23.1 Å². The van der Waals surface area contributed by atoms with E-state index in [1.54, 1.807) is 6.07 Å². The minimum absolute atomic E-state index is 0.108. The first-order chi connectivity index (χ1) is 6.02. The van der Waals surface area contributed by atoms with Gasteiger partial charge in [0.05, 0.1) is 11.9 Å². The summed E-state index contributed by atoms with van der Waals surface area (Å²) in [5.74, 6) is 0.320. The summed E-state index contributed by atoms with van der Waals surface area (Å²) in [6.07, 6.45) is 1.53. The van der Waals surface area contributed by atoms with Crippen molar-refractivity contribution in [3.63, 3.8) is 0 Å².